The van der Waals surface area contributed by atoms with E-state index in [4.69, 9.17) is 25.9 Å². The molecule has 16 heteroatoms. The van der Waals surface area contributed by atoms with Crippen LogP contribution in [-0.4, -0.2) is 63.1 Å². The molecule has 1 aliphatic heterocycles. The first-order chi connectivity index (χ1) is 13.0. The highest BCUT2D eigenvalue weighted by atomic mass is 32.2. The van der Waals surface area contributed by atoms with Crippen LogP contribution in [0.15, 0.2) is 36.4 Å². The van der Waals surface area contributed by atoms with Crippen LogP contribution in [0.2, 0.25) is 0 Å². The fraction of sp³-hybridized carbons (Fsp3) is 0.462. The van der Waals surface area contributed by atoms with Gasteiger partial charge in [0.25, 0.3) is 0 Å². The van der Waals surface area contributed by atoms with Crippen LogP contribution in [-0.2, 0) is 20.2 Å². The van der Waals surface area contributed by atoms with Gasteiger partial charge in [0.05, 0.1) is 0 Å². The van der Waals surface area contributed by atoms with Crippen molar-refractivity contribution < 1.29 is 57.6 Å². The van der Waals surface area contributed by atoms with Gasteiger partial charge in [-0.1, -0.05) is 24.3 Å². The number of hydrogen-bond acceptors (Lipinski definition) is 6. The Morgan fingerprint density at radius 3 is 1.34 bits per heavy atom. The van der Waals surface area contributed by atoms with E-state index in [1.807, 2.05) is 0 Å². The number of hydrogen-bond donors (Lipinski definition) is 1. The summed E-state index contributed by atoms with van der Waals surface area (Å²) in [5, 5.41) is 3.72. The van der Waals surface area contributed by atoms with Crippen LogP contribution in [0.5, 0.6) is 0 Å². The van der Waals surface area contributed by atoms with Crippen molar-refractivity contribution in [2.45, 2.75) is 11.0 Å². The monoisotopic (exact) mass is 474 g/mol. The zero-order valence-corrected chi connectivity index (χ0v) is 16.0. The molecule has 0 saturated carbocycles. The van der Waals surface area contributed by atoms with Crippen LogP contribution in [0.4, 0.5) is 26.3 Å². The van der Waals surface area contributed by atoms with Crippen molar-refractivity contribution in [2.24, 2.45) is 0 Å². The highest BCUT2D eigenvalue weighted by Crippen LogP contribution is 2.21. The molecule has 8 nitrogen and oxygen atoms in total. The third-order valence-corrected chi connectivity index (χ3v) is 4.14. The van der Waals surface area contributed by atoms with E-state index in [9.17, 15) is 26.3 Å². The number of alkyl halides is 6. The Hall–Kier alpha value is -1.75. The minimum atomic E-state index is -6.09. The van der Waals surface area contributed by atoms with Crippen LogP contribution in [0, 0.1) is 0 Å². The highest BCUT2D eigenvalue weighted by Gasteiger charge is 2.37. The summed E-state index contributed by atoms with van der Waals surface area (Å²) >= 11 is 0. The number of rotatable bonds is 0. The van der Waals surface area contributed by atoms with Crippen LogP contribution in [0.1, 0.15) is 0 Å². The lowest BCUT2D eigenvalue weighted by Crippen LogP contribution is -2.89. The molecule has 0 atom stereocenters. The Bertz CT molecular complexity index is 858. The van der Waals surface area contributed by atoms with Crippen molar-refractivity contribution in [2.75, 3.05) is 26.2 Å². The average Bonchev–Trinajstić information content (AvgIpc) is 2.82. The predicted molar refractivity (Wildman–Crippen MR) is 84.6 cm³/mol. The van der Waals surface area contributed by atoms with E-state index in [-0.39, 0.29) is 0 Å². The molecule has 168 valence electrons. The second kappa shape index (κ2) is 10.9. The van der Waals surface area contributed by atoms with Gasteiger partial charge in [-0.15, -0.1) is 0 Å². The van der Waals surface area contributed by atoms with E-state index >= 15 is 0 Å². The van der Waals surface area contributed by atoms with Crippen molar-refractivity contribution in [1.82, 2.24) is 4.58 Å². The molecule has 0 spiro atoms. The summed E-state index contributed by atoms with van der Waals surface area (Å²) in [6.45, 7) is 4.78. The normalized spacial score (nSPS) is 15.4. The van der Waals surface area contributed by atoms with Gasteiger partial charge in [0.1, 0.15) is 13.1 Å². The van der Waals surface area contributed by atoms with Crippen molar-refractivity contribution in [3.63, 3.8) is 0 Å². The second-order valence-corrected chi connectivity index (χ2v) is 7.92. The summed E-state index contributed by atoms with van der Waals surface area (Å²) in [6.07, 6.45) is 0. The maximum atomic E-state index is 10.7. The maximum Gasteiger partial charge on any atom is 0.485 e. The molecule has 2 rings (SSSR count). The molecule has 1 saturated heterocycles. The predicted octanol–water partition coefficient (Wildman–Crippen LogP) is -0.861. The van der Waals surface area contributed by atoms with Gasteiger partial charge in [-0.3, -0.25) is 0 Å². The molecule has 1 heterocycles. The maximum absolute atomic E-state index is 10.7. The van der Waals surface area contributed by atoms with Gasteiger partial charge < -0.3 is 14.4 Å². The fourth-order valence-corrected chi connectivity index (χ4v) is 1.71. The van der Waals surface area contributed by atoms with E-state index in [1.165, 1.54) is 31.5 Å². The van der Waals surface area contributed by atoms with E-state index in [0.29, 0.717) is 0 Å². The number of nitrogens with two attached hydrogens (primary N) is 1. The van der Waals surface area contributed by atoms with Crippen molar-refractivity contribution in [3.05, 3.63) is 41.8 Å². The summed E-state index contributed by atoms with van der Waals surface area (Å²) in [4.78, 5) is 0. The van der Waals surface area contributed by atoms with E-state index < -0.39 is 31.3 Å². The van der Waals surface area contributed by atoms with Crippen LogP contribution >= 0.6 is 0 Å². The molecule has 1 aliphatic rings. The van der Waals surface area contributed by atoms with E-state index in [0.717, 1.165) is 0 Å². The molecule has 0 amide bonds. The zero-order valence-electron chi connectivity index (χ0n) is 14.4. The quantitative estimate of drug-likeness (QED) is 0.225. The molecule has 0 aromatic heterocycles. The Labute approximate surface area is 162 Å². The van der Waals surface area contributed by atoms with Crippen LogP contribution < -0.4 is 15.2 Å². The van der Waals surface area contributed by atoms with Gasteiger partial charge >= 0.3 is 11.0 Å². The highest BCUT2D eigenvalue weighted by molar-refractivity contribution is 7.86. The molecular formula is C13H16F6N2O6S2. The summed E-state index contributed by atoms with van der Waals surface area (Å²) in [6, 6.07) is 12.7. The minimum absolute atomic E-state index is 1.17. The van der Waals surface area contributed by atoms with Gasteiger partial charge in [0.2, 0.25) is 0 Å². The number of piperazine rings is 1. The Morgan fingerprint density at radius 1 is 0.759 bits per heavy atom. The Morgan fingerprint density at radius 2 is 1.07 bits per heavy atom. The van der Waals surface area contributed by atoms with Gasteiger partial charge in [-0.25, -0.2) is 21.4 Å². The lowest BCUT2D eigenvalue weighted by molar-refractivity contribution is -0.658. The molecular weight excluding hydrogens is 458 g/mol. The fourth-order valence-electron chi connectivity index (χ4n) is 1.71. The van der Waals surface area contributed by atoms with Gasteiger partial charge in [0, 0.05) is 12.1 Å². The van der Waals surface area contributed by atoms with Gasteiger partial charge in [0.15, 0.2) is 38.7 Å². The SMILES string of the molecule is O=S(=O)([O-])C(F)(F)F.O=S(=O)([O-])C(F)(F)F.c1cccc(=[N+]2CC[NH2+]CC2)cc1. The standard InChI is InChI=1S/C11H15N2.2CHF3O3S/c1-2-4-6-11(5-3-1)13-9-7-12-8-10-13;2*2-1(3,4)8(5,6)7/h1-6,12H,7-10H2;2*(H,5,6,7)/q+1;;/p-1. The Balaban J connectivity index is 0.000000432. The molecule has 0 radical (unpaired) electrons. The lowest BCUT2D eigenvalue weighted by atomic mass is 10.4. The Kier molecular flexibility index (Phi) is 10.2. The second-order valence-electron chi connectivity index (χ2n) is 5.18. The van der Waals surface area contributed by atoms with Gasteiger partial charge in [-0.2, -0.15) is 26.3 Å². The molecule has 0 unspecified atom stereocenters. The molecule has 0 aliphatic carbocycles. The molecule has 1 aromatic rings. The summed E-state index contributed by atoms with van der Waals surface area (Å²) < 4.78 is 120. The number of halogens is 6. The van der Waals surface area contributed by atoms with Crippen LogP contribution in [0.3, 0.4) is 0 Å². The summed E-state index contributed by atoms with van der Waals surface area (Å²) in [5.74, 6) is 0. The first-order valence-electron chi connectivity index (χ1n) is 7.46. The minimum Gasteiger partial charge on any atom is -0.741 e. The summed E-state index contributed by atoms with van der Waals surface area (Å²) in [7, 11) is -12.2. The van der Waals surface area contributed by atoms with Gasteiger partial charge in [-0.05, 0) is 0 Å². The van der Waals surface area contributed by atoms with Crippen molar-refractivity contribution in [3.8, 4) is 0 Å². The molecule has 1 fully saturated rings. The van der Waals surface area contributed by atoms with E-state index in [2.05, 4.69) is 46.3 Å². The molecule has 2 N–H and O–H groups in total. The molecule has 1 aromatic carbocycles. The smallest absolute Gasteiger partial charge is 0.485 e. The third-order valence-electron chi connectivity index (χ3n) is 3.01. The first kappa shape index (κ1) is 27.2. The first-order valence-corrected chi connectivity index (χ1v) is 10.3. The zero-order chi connectivity index (χ0) is 22.9. The molecule has 29 heavy (non-hydrogen) atoms. The largest absolute Gasteiger partial charge is 0.741 e. The number of quaternary nitrogens is 1. The van der Waals surface area contributed by atoms with Crippen molar-refractivity contribution in [1.29, 1.82) is 0 Å². The van der Waals surface area contributed by atoms with Crippen LogP contribution in [0.25, 0.3) is 0 Å². The van der Waals surface area contributed by atoms with E-state index in [1.54, 1.807) is 0 Å². The average molecular weight is 474 g/mol. The van der Waals surface area contributed by atoms with Crippen molar-refractivity contribution >= 4 is 20.2 Å². The topological polar surface area (TPSA) is 134 Å². The summed E-state index contributed by atoms with van der Waals surface area (Å²) in [5.41, 5.74) is -11.3. The lowest BCUT2D eigenvalue weighted by Gasteiger charge is -2.08. The molecule has 0 bridgehead atoms. The number of nitrogens with zero attached hydrogens (tertiary/aromatic N) is 1. The third kappa shape index (κ3) is 11.1.